The molecule has 0 fully saturated rings. The molecule has 0 amide bonds. The molecule has 0 saturated carbocycles. The molecular weight excluding hydrogens is 172 g/mol. The van der Waals surface area contributed by atoms with Crippen LogP contribution in [0.2, 0.25) is 0 Å². The summed E-state index contributed by atoms with van der Waals surface area (Å²) in [5.74, 6) is 0. The lowest BCUT2D eigenvalue weighted by atomic mass is 10.1. The van der Waals surface area contributed by atoms with E-state index < -0.39 is 0 Å². The Kier molecular flexibility index (Phi) is 6.01. The maximum atomic E-state index is 2.36. The predicted molar refractivity (Wildman–Crippen MR) is 64.4 cm³/mol. The topological polar surface area (TPSA) is 6.25 Å². The van der Waals surface area contributed by atoms with Crippen LogP contribution in [0.4, 0.5) is 0 Å². The molecule has 0 bridgehead atoms. The van der Waals surface area contributed by atoms with Crippen LogP contribution in [0.25, 0.3) is 0 Å². The average Bonchev–Trinajstić information content (AvgIpc) is 2.09. The van der Waals surface area contributed by atoms with Gasteiger partial charge >= 0.3 is 0 Å². The molecule has 0 aromatic heterocycles. The van der Waals surface area contributed by atoms with Gasteiger partial charge in [0.2, 0.25) is 0 Å². The molecule has 0 aliphatic carbocycles. The molecule has 0 spiro atoms. The molecule has 0 heterocycles. The molecule has 14 heavy (non-hydrogen) atoms. The zero-order valence-electron chi connectivity index (χ0n) is 10.8. The normalized spacial score (nSPS) is 13.8. The van der Waals surface area contributed by atoms with Crippen molar-refractivity contribution in [2.24, 2.45) is 0 Å². The molecule has 0 aliphatic heterocycles. The smallest absolute Gasteiger partial charge is 0.153 e. The molecule has 0 aliphatic rings. The van der Waals surface area contributed by atoms with Crippen LogP contribution in [-0.4, -0.2) is 48.4 Å². The first-order chi connectivity index (χ1) is 6.38. The number of unbranched alkanes of at least 4 members (excludes halogenated alkanes) is 1. The third kappa shape index (κ3) is 6.14. The van der Waals surface area contributed by atoms with Crippen molar-refractivity contribution in [3.05, 3.63) is 0 Å². The molecule has 0 N–H and O–H groups in total. The minimum atomic E-state index is 0.266. The summed E-state index contributed by atoms with van der Waals surface area (Å²) in [5.41, 5.74) is 0.266. The van der Waals surface area contributed by atoms with Crippen LogP contribution < -0.4 is 0 Å². The lowest BCUT2D eigenvalue weighted by Gasteiger charge is -2.29. The summed E-state index contributed by atoms with van der Waals surface area (Å²) in [6.45, 7) is 11.2. The highest BCUT2D eigenvalue weighted by Crippen LogP contribution is 2.08. The second-order valence-corrected chi connectivity index (χ2v) is 5.07. The molecule has 0 aromatic carbocycles. The monoisotopic (exact) mass is 199 g/mol. The Bertz CT molecular complexity index is 177. The number of nitrogens with zero attached hydrogens (tertiary/aromatic N) is 2. The van der Waals surface area contributed by atoms with Gasteiger partial charge < -0.3 is 0 Å². The van der Waals surface area contributed by atoms with Gasteiger partial charge in [0.25, 0.3) is 0 Å². The molecule has 0 unspecified atom stereocenters. The lowest BCUT2D eigenvalue weighted by Crippen LogP contribution is -2.40. The van der Waals surface area contributed by atoms with Crippen molar-refractivity contribution < 1.29 is 4.58 Å². The highest BCUT2D eigenvalue weighted by molar-refractivity contribution is 5.53. The highest BCUT2D eigenvalue weighted by atomic mass is 15.2. The average molecular weight is 199 g/mol. The van der Waals surface area contributed by atoms with Crippen LogP contribution in [0.3, 0.4) is 0 Å². The highest BCUT2D eigenvalue weighted by Gasteiger charge is 2.16. The SMILES string of the molecule is CCCC[N+](C)=CCN(C)C(C)(C)C. The molecule has 0 atom stereocenters. The van der Waals surface area contributed by atoms with Crippen LogP contribution >= 0.6 is 0 Å². The first-order valence-corrected chi connectivity index (χ1v) is 5.62. The molecule has 0 aromatic rings. The van der Waals surface area contributed by atoms with E-state index in [0.29, 0.717) is 0 Å². The van der Waals surface area contributed by atoms with Gasteiger partial charge in [0, 0.05) is 12.0 Å². The first-order valence-electron chi connectivity index (χ1n) is 5.62. The third-order valence-corrected chi connectivity index (χ3v) is 2.68. The van der Waals surface area contributed by atoms with Gasteiger partial charge in [-0.1, -0.05) is 13.3 Å². The molecule has 0 radical (unpaired) electrons. The van der Waals surface area contributed by atoms with Crippen molar-refractivity contribution in [1.82, 2.24) is 4.90 Å². The maximum absolute atomic E-state index is 2.36. The predicted octanol–water partition coefficient (Wildman–Crippen LogP) is 2.23. The van der Waals surface area contributed by atoms with Crippen LogP contribution in [0.5, 0.6) is 0 Å². The van der Waals surface area contributed by atoms with Gasteiger partial charge in [-0.3, -0.25) is 4.90 Å². The number of hydrogen-bond acceptors (Lipinski definition) is 1. The van der Waals surface area contributed by atoms with Crippen molar-refractivity contribution in [3.63, 3.8) is 0 Å². The van der Waals surface area contributed by atoms with Crippen LogP contribution in [0.15, 0.2) is 0 Å². The van der Waals surface area contributed by atoms with E-state index in [4.69, 9.17) is 0 Å². The summed E-state index contributed by atoms with van der Waals surface area (Å²) in [4.78, 5) is 2.36. The van der Waals surface area contributed by atoms with E-state index in [9.17, 15) is 0 Å². The summed E-state index contributed by atoms with van der Waals surface area (Å²) in [6.07, 6.45) is 4.83. The largest absolute Gasteiger partial charge is 0.292 e. The van der Waals surface area contributed by atoms with E-state index in [1.165, 1.54) is 19.4 Å². The van der Waals surface area contributed by atoms with E-state index in [1.807, 2.05) is 0 Å². The van der Waals surface area contributed by atoms with Gasteiger partial charge in [-0.25, -0.2) is 4.58 Å². The van der Waals surface area contributed by atoms with Crippen molar-refractivity contribution in [2.75, 3.05) is 27.2 Å². The fourth-order valence-corrected chi connectivity index (χ4v) is 1.03. The summed E-state index contributed by atoms with van der Waals surface area (Å²) in [7, 11) is 4.33. The second kappa shape index (κ2) is 6.18. The van der Waals surface area contributed by atoms with E-state index in [2.05, 4.69) is 57.5 Å². The van der Waals surface area contributed by atoms with Gasteiger partial charge in [0.15, 0.2) is 6.21 Å². The van der Waals surface area contributed by atoms with E-state index in [-0.39, 0.29) is 5.54 Å². The minimum Gasteiger partial charge on any atom is -0.292 e. The van der Waals surface area contributed by atoms with Crippen molar-refractivity contribution in [1.29, 1.82) is 0 Å². The first kappa shape index (κ1) is 13.6. The molecule has 0 saturated heterocycles. The van der Waals surface area contributed by atoms with Crippen LogP contribution in [-0.2, 0) is 0 Å². The Balaban J connectivity index is 3.90. The summed E-state index contributed by atoms with van der Waals surface area (Å²) in [6, 6.07) is 0. The quantitative estimate of drug-likeness (QED) is 0.486. The molecule has 84 valence electrons. The molecule has 0 rings (SSSR count). The van der Waals surface area contributed by atoms with Gasteiger partial charge in [-0.15, -0.1) is 0 Å². The van der Waals surface area contributed by atoms with Gasteiger partial charge in [-0.05, 0) is 27.8 Å². The fourth-order valence-electron chi connectivity index (χ4n) is 1.03. The standard InChI is InChI=1S/C12H27N2/c1-7-8-9-13(5)10-11-14(6)12(2,3)4/h10H,7-9,11H2,1-6H3/q+1. The number of hydrogen-bond donors (Lipinski definition) is 0. The zero-order valence-corrected chi connectivity index (χ0v) is 10.8. The van der Waals surface area contributed by atoms with E-state index in [0.717, 1.165) is 6.54 Å². The lowest BCUT2D eigenvalue weighted by molar-refractivity contribution is -0.494. The molecular formula is C12H27N2+. The Hall–Kier alpha value is -0.370. The number of rotatable bonds is 5. The van der Waals surface area contributed by atoms with E-state index >= 15 is 0 Å². The summed E-state index contributed by atoms with van der Waals surface area (Å²) < 4.78 is 2.30. The van der Waals surface area contributed by atoms with Crippen LogP contribution in [0, 0.1) is 0 Å². The zero-order chi connectivity index (χ0) is 11.2. The maximum Gasteiger partial charge on any atom is 0.153 e. The van der Waals surface area contributed by atoms with Crippen molar-refractivity contribution in [3.8, 4) is 0 Å². The van der Waals surface area contributed by atoms with Crippen LogP contribution in [0.1, 0.15) is 40.5 Å². The van der Waals surface area contributed by atoms with Gasteiger partial charge in [-0.2, -0.15) is 0 Å². The van der Waals surface area contributed by atoms with Crippen molar-refractivity contribution >= 4 is 6.21 Å². The third-order valence-electron chi connectivity index (χ3n) is 2.68. The molecule has 2 heteroatoms. The minimum absolute atomic E-state index is 0.266. The Morgan fingerprint density at radius 1 is 1.29 bits per heavy atom. The molecule has 2 nitrogen and oxygen atoms in total. The Labute approximate surface area is 89.6 Å². The second-order valence-electron chi connectivity index (χ2n) is 5.07. The van der Waals surface area contributed by atoms with E-state index in [1.54, 1.807) is 0 Å². The fraction of sp³-hybridized carbons (Fsp3) is 0.917. The Morgan fingerprint density at radius 3 is 2.29 bits per heavy atom. The van der Waals surface area contributed by atoms with Crippen molar-refractivity contribution in [2.45, 2.75) is 46.1 Å². The summed E-state index contributed by atoms with van der Waals surface area (Å²) >= 11 is 0. The summed E-state index contributed by atoms with van der Waals surface area (Å²) in [5, 5.41) is 0. The Morgan fingerprint density at radius 2 is 1.86 bits per heavy atom. The van der Waals surface area contributed by atoms with Gasteiger partial charge in [0.1, 0.15) is 13.6 Å². The van der Waals surface area contributed by atoms with Gasteiger partial charge in [0.05, 0.1) is 6.54 Å².